The lowest BCUT2D eigenvalue weighted by Gasteiger charge is -2.30. The maximum atomic E-state index is 14.1. The van der Waals surface area contributed by atoms with E-state index in [0.29, 0.717) is 42.3 Å². The van der Waals surface area contributed by atoms with Gasteiger partial charge in [-0.15, -0.1) is 0 Å². The molecule has 0 radical (unpaired) electrons. The van der Waals surface area contributed by atoms with Crippen LogP contribution in [-0.4, -0.2) is 53.6 Å². The Bertz CT molecular complexity index is 1500. The quantitative estimate of drug-likeness (QED) is 0.414. The van der Waals surface area contributed by atoms with Gasteiger partial charge >= 0.3 is 0 Å². The topological polar surface area (TPSA) is 114 Å². The van der Waals surface area contributed by atoms with Crippen LogP contribution < -0.4 is 15.8 Å². The summed E-state index contributed by atoms with van der Waals surface area (Å²) in [7, 11) is 0. The number of nitrogens with one attached hydrogen (secondary N) is 1. The zero-order chi connectivity index (χ0) is 24.2. The second-order valence-corrected chi connectivity index (χ2v) is 10.4. The summed E-state index contributed by atoms with van der Waals surface area (Å²) < 4.78 is 3.81. The van der Waals surface area contributed by atoms with Crippen molar-refractivity contribution in [3.8, 4) is 0 Å². The zero-order valence-corrected chi connectivity index (χ0v) is 20.2. The van der Waals surface area contributed by atoms with Gasteiger partial charge in [-0.05, 0) is 62.0 Å². The van der Waals surface area contributed by atoms with Crippen molar-refractivity contribution in [3.63, 3.8) is 0 Å². The van der Waals surface area contributed by atoms with Crippen LogP contribution in [0, 0.1) is 5.92 Å². The number of aliphatic hydroxyl groups is 1. The summed E-state index contributed by atoms with van der Waals surface area (Å²) in [5.41, 5.74) is 1.66. The van der Waals surface area contributed by atoms with E-state index in [1.165, 1.54) is 12.8 Å². The molecule has 2 fully saturated rings. The molecule has 1 aliphatic heterocycles. The third-order valence-corrected chi connectivity index (χ3v) is 7.99. The number of hydrogen-bond donors (Lipinski definition) is 2. The summed E-state index contributed by atoms with van der Waals surface area (Å²) in [4.78, 5) is 30.2. The molecule has 10 nitrogen and oxygen atoms in total. The number of hydrogen-bond acceptors (Lipinski definition) is 8. The minimum atomic E-state index is -0.290. The van der Waals surface area contributed by atoms with Gasteiger partial charge in [-0.25, -0.2) is 14.6 Å². The van der Waals surface area contributed by atoms with Gasteiger partial charge in [0.1, 0.15) is 17.8 Å². The van der Waals surface area contributed by atoms with Crippen LogP contribution in [-0.2, 0) is 13.1 Å². The van der Waals surface area contributed by atoms with Crippen LogP contribution in [0.4, 0.5) is 11.6 Å². The van der Waals surface area contributed by atoms with Crippen molar-refractivity contribution in [2.45, 2.75) is 63.8 Å². The van der Waals surface area contributed by atoms with Gasteiger partial charge in [0.05, 0.1) is 24.6 Å². The van der Waals surface area contributed by atoms with Gasteiger partial charge in [0.2, 0.25) is 5.95 Å². The minimum Gasteiger partial charge on any atom is -0.393 e. The molecule has 0 bridgehead atoms. The molecule has 186 valence electrons. The molecule has 2 N–H and O–H groups in total. The second kappa shape index (κ2) is 8.55. The Morgan fingerprint density at radius 1 is 1.00 bits per heavy atom. The molecule has 0 atom stereocenters. The molecule has 3 aromatic heterocycles. The van der Waals surface area contributed by atoms with E-state index < -0.39 is 0 Å². The van der Waals surface area contributed by atoms with E-state index in [2.05, 4.69) is 31.3 Å². The highest BCUT2D eigenvalue weighted by molar-refractivity contribution is 6.05. The maximum absolute atomic E-state index is 14.1. The summed E-state index contributed by atoms with van der Waals surface area (Å²) in [6.45, 7) is 3.10. The molecule has 4 aromatic rings. The Morgan fingerprint density at radius 3 is 2.69 bits per heavy atom. The summed E-state index contributed by atoms with van der Waals surface area (Å²) in [6.07, 6.45) is 8.58. The SMILES string of the molecule is O=c1c2cc(N3CCn4ncnc4C3)ccc2c2cnc(NCC3CC3)nc2n1[C@H]1CC[C@H](O)CC1. The number of fused-ring (bicyclic) bond motifs is 4. The van der Waals surface area contributed by atoms with Crippen molar-refractivity contribution in [1.29, 1.82) is 0 Å². The third-order valence-electron chi connectivity index (χ3n) is 7.99. The van der Waals surface area contributed by atoms with Gasteiger partial charge in [-0.3, -0.25) is 9.36 Å². The molecule has 1 aromatic carbocycles. The summed E-state index contributed by atoms with van der Waals surface area (Å²) in [6, 6.07) is 6.13. The van der Waals surface area contributed by atoms with Crippen LogP contribution in [0.3, 0.4) is 0 Å². The lowest BCUT2D eigenvalue weighted by Crippen LogP contribution is -2.34. The molecular formula is C26H30N8O2. The molecule has 0 unspecified atom stereocenters. The summed E-state index contributed by atoms with van der Waals surface area (Å²) in [5.74, 6) is 2.20. The van der Waals surface area contributed by atoms with Crippen LogP contribution in [0.1, 0.15) is 50.4 Å². The monoisotopic (exact) mass is 486 g/mol. The van der Waals surface area contributed by atoms with Crippen LogP contribution >= 0.6 is 0 Å². The maximum Gasteiger partial charge on any atom is 0.260 e. The Hall–Kier alpha value is -3.53. The van der Waals surface area contributed by atoms with Gasteiger partial charge < -0.3 is 15.3 Å². The highest BCUT2D eigenvalue weighted by Crippen LogP contribution is 2.34. The molecule has 7 rings (SSSR count). The van der Waals surface area contributed by atoms with Gasteiger partial charge in [-0.1, -0.05) is 6.07 Å². The van der Waals surface area contributed by atoms with Crippen molar-refractivity contribution in [1.82, 2.24) is 29.3 Å². The van der Waals surface area contributed by atoms with Crippen LogP contribution in [0.2, 0.25) is 0 Å². The van der Waals surface area contributed by atoms with Crippen molar-refractivity contribution in [3.05, 3.63) is 46.9 Å². The fourth-order valence-corrected chi connectivity index (χ4v) is 5.69. The second-order valence-electron chi connectivity index (χ2n) is 10.4. The Labute approximate surface area is 208 Å². The molecule has 0 amide bonds. The lowest BCUT2D eigenvalue weighted by atomic mass is 9.92. The van der Waals surface area contributed by atoms with E-state index in [0.717, 1.165) is 54.8 Å². The highest BCUT2D eigenvalue weighted by atomic mass is 16.3. The van der Waals surface area contributed by atoms with E-state index in [1.54, 1.807) is 6.33 Å². The number of nitrogens with zero attached hydrogens (tertiary/aromatic N) is 7. The standard InChI is InChI=1S/C26H30N8O2/c35-19-6-3-17(4-7-19)34-24-22(13-28-26(31-24)27-12-16-1-2-16)20-8-5-18(11-21(20)25(34)36)32-9-10-33-23(14-32)29-15-30-33/h5,8,11,13,15-17,19,35H,1-4,6-7,9-10,12,14H2,(H,27,28,31)/t17-,19-. The molecule has 0 spiro atoms. The van der Waals surface area contributed by atoms with Crippen molar-refractivity contribution < 1.29 is 5.11 Å². The van der Waals surface area contributed by atoms with E-state index in [1.807, 2.05) is 27.6 Å². The summed E-state index contributed by atoms with van der Waals surface area (Å²) >= 11 is 0. The van der Waals surface area contributed by atoms with Gasteiger partial charge in [0.25, 0.3) is 5.56 Å². The number of benzene rings is 1. The number of anilines is 2. The first kappa shape index (κ1) is 21.7. The predicted octanol–water partition coefficient (Wildman–Crippen LogP) is 2.85. The van der Waals surface area contributed by atoms with Crippen LogP contribution in [0.15, 0.2) is 35.5 Å². The van der Waals surface area contributed by atoms with Gasteiger partial charge in [0.15, 0.2) is 0 Å². The number of pyridine rings is 1. The average molecular weight is 487 g/mol. The zero-order valence-electron chi connectivity index (χ0n) is 20.2. The Morgan fingerprint density at radius 2 is 1.86 bits per heavy atom. The number of rotatable bonds is 5. The average Bonchev–Trinajstić information content (AvgIpc) is 3.62. The Balaban J connectivity index is 1.35. The van der Waals surface area contributed by atoms with Crippen LogP contribution in [0.5, 0.6) is 0 Å². The molecule has 3 aliphatic rings. The van der Waals surface area contributed by atoms with Crippen molar-refractivity contribution in [2.75, 3.05) is 23.3 Å². The first-order valence-electron chi connectivity index (χ1n) is 13.0. The van der Waals surface area contributed by atoms with E-state index in [-0.39, 0.29) is 17.7 Å². The summed E-state index contributed by atoms with van der Waals surface area (Å²) in [5, 5.41) is 20.2. The van der Waals surface area contributed by atoms with Gasteiger partial charge in [0, 0.05) is 36.4 Å². The molecular weight excluding hydrogens is 456 g/mol. The smallest absolute Gasteiger partial charge is 0.260 e. The lowest BCUT2D eigenvalue weighted by molar-refractivity contribution is 0.111. The first-order chi connectivity index (χ1) is 17.6. The molecule has 36 heavy (non-hydrogen) atoms. The molecule has 0 saturated heterocycles. The molecule has 2 saturated carbocycles. The normalized spacial score (nSPS) is 22.2. The van der Waals surface area contributed by atoms with Crippen molar-refractivity contribution >= 4 is 33.4 Å². The van der Waals surface area contributed by atoms with Crippen molar-refractivity contribution in [2.24, 2.45) is 5.92 Å². The Kier molecular flexibility index (Phi) is 5.16. The highest BCUT2D eigenvalue weighted by Gasteiger charge is 2.26. The third kappa shape index (κ3) is 3.80. The first-order valence-corrected chi connectivity index (χ1v) is 13.0. The number of aromatic nitrogens is 6. The minimum absolute atomic E-state index is 0.0103. The fourth-order valence-electron chi connectivity index (χ4n) is 5.69. The predicted molar refractivity (Wildman–Crippen MR) is 137 cm³/mol. The van der Waals surface area contributed by atoms with E-state index in [9.17, 15) is 9.90 Å². The van der Waals surface area contributed by atoms with E-state index >= 15 is 0 Å². The van der Waals surface area contributed by atoms with Crippen LogP contribution in [0.25, 0.3) is 21.8 Å². The molecule has 4 heterocycles. The van der Waals surface area contributed by atoms with Gasteiger partial charge in [-0.2, -0.15) is 10.1 Å². The fraction of sp³-hybridized carbons (Fsp3) is 0.500. The molecule has 2 aliphatic carbocycles. The molecule has 10 heteroatoms. The largest absolute Gasteiger partial charge is 0.393 e. The number of aliphatic hydroxyl groups excluding tert-OH is 1. The van der Waals surface area contributed by atoms with E-state index in [4.69, 9.17) is 4.98 Å².